The molecule has 0 radical (unpaired) electrons. The third-order valence-corrected chi connectivity index (χ3v) is 4.48. The average Bonchev–Trinajstić information content (AvgIpc) is 3.09. The van der Waals surface area contributed by atoms with Crippen LogP contribution in [-0.4, -0.2) is 41.6 Å². The van der Waals surface area contributed by atoms with Gasteiger partial charge in [0.2, 0.25) is 5.91 Å². The Hall–Kier alpha value is -1.85. The van der Waals surface area contributed by atoms with Crippen LogP contribution in [0.3, 0.4) is 0 Å². The average molecular weight is 303 g/mol. The van der Waals surface area contributed by atoms with Gasteiger partial charge in [-0.2, -0.15) is 0 Å². The topological polar surface area (TPSA) is 70.2 Å². The van der Waals surface area contributed by atoms with Crippen molar-refractivity contribution >= 4 is 17.5 Å². The summed E-state index contributed by atoms with van der Waals surface area (Å²) < 4.78 is 0. The molecule has 0 aromatic carbocycles. The van der Waals surface area contributed by atoms with E-state index in [1.807, 2.05) is 6.07 Å². The van der Waals surface area contributed by atoms with E-state index < -0.39 is 0 Å². The van der Waals surface area contributed by atoms with Gasteiger partial charge in [0.15, 0.2) is 0 Å². The Labute approximate surface area is 131 Å². The number of aromatic nitrogens is 2. The molecular formula is C16H25N5O. The highest BCUT2D eigenvalue weighted by atomic mass is 16.2. The van der Waals surface area contributed by atoms with Crippen LogP contribution in [0.1, 0.15) is 44.9 Å². The summed E-state index contributed by atoms with van der Waals surface area (Å²) in [6, 6.07) is 2.28. The van der Waals surface area contributed by atoms with Crippen molar-refractivity contribution in [2.45, 2.75) is 51.0 Å². The predicted molar refractivity (Wildman–Crippen MR) is 87.0 cm³/mol. The van der Waals surface area contributed by atoms with Crippen LogP contribution < -0.4 is 15.5 Å². The van der Waals surface area contributed by atoms with E-state index in [-0.39, 0.29) is 12.5 Å². The van der Waals surface area contributed by atoms with E-state index in [2.05, 4.69) is 25.5 Å². The smallest absolute Gasteiger partial charge is 0.239 e. The number of hydrogen-bond donors (Lipinski definition) is 2. The maximum absolute atomic E-state index is 12.0. The molecule has 1 saturated carbocycles. The first-order valence-corrected chi connectivity index (χ1v) is 8.41. The first kappa shape index (κ1) is 15.1. The maximum atomic E-state index is 12.0. The lowest BCUT2D eigenvalue weighted by molar-refractivity contribution is -0.120. The lowest BCUT2D eigenvalue weighted by atomic mass is 9.95. The zero-order valence-corrected chi connectivity index (χ0v) is 13.1. The predicted octanol–water partition coefficient (Wildman–Crippen LogP) is 1.94. The summed E-state index contributed by atoms with van der Waals surface area (Å²) in [7, 11) is 0. The maximum Gasteiger partial charge on any atom is 0.239 e. The van der Waals surface area contributed by atoms with Gasteiger partial charge in [-0.1, -0.05) is 19.3 Å². The molecule has 0 spiro atoms. The van der Waals surface area contributed by atoms with Gasteiger partial charge < -0.3 is 15.5 Å². The van der Waals surface area contributed by atoms with Gasteiger partial charge in [0.25, 0.3) is 0 Å². The number of nitrogens with one attached hydrogen (secondary N) is 2. The van der Waals surface area contributed by atoms with Gasteiger partial charge in [-0.25, -0.2) is 9.97 Å². The van der Waals surface area contributed by atoms with Crippen molar-refractivity contribution in [3.05, 3.63) is 12.4 Å². The minimum atomic E-state index is 0.0493. The summed E-state index contributed by atoms with van der Waals surface area (Å²) in [5, 5.41) is 6.21. The zero-order valence-electron chi connectivity index (χ0n) is 13.1. The van der Waals surface area contributed by atoms with Crippen LogP contribution in [0, 0.1) is 0 Å². The van der Waals surface area contributed by atoms with Crippen LogP contribution in [-0.2, 0) is 4.79 Å². The van der Waals surface area contributed by atoms with Crippen LogP contribution in [0.2, 0.25) is 0 Å². The van der Waals surface area contributed by atoms with Crippen LogP contribution in [0.4, 0.5) is 11.6 Å². The minimum Gasteiger partial charge on any atom is -0.361 e. The third-order valence-electron chi connectivity index (χ3n) is 4.48. The second-order valence-corrected chi connectivity index (χ2v) is 6.21. The monoisotopic (exact) mass is 303 g/mol. The quantitative estimate of drug-likeness (QED) is 0.870. The molecule has 1 aromatic heterocycles. The van der Waals surface area contributed by atoms with Crippen molar-refractivity contribution in [1.82, 2.24) is 15.3 Å². The molecule has 6 heteroatoms. The normalized spacial score (nSPS) is 19.2. The molecule has 120 valence electrons. The molecular weight excluding hydrogens is 278 g/mol. The van der Waals surface area contributed by atoms with E-state index in [9.17, 15) is 4.79 Å². The largest absolute Gasteiger partial charge is 0.361 e. The number of rotatable bonds is 5. The molecule has 22 heavy (non-hydrogen) atoms. The van der Waals surface area contributed by atoms with E-state index in [1.54, 1.807) is 6.33 Å². The Morgan fingerprint density at radius 2 is 1.91 bits per heavy atom. The SMILES string of the molecule is O=C(CNc1cc(N2CCCC2)ncn1)NC1CCCCC1. The Balaban J connectivity index is 1.48. The third kappa shape index (κ3) is 4.08. The van der Waals surface area contributed by atoms with Crippen LogP contribution in [0.5, 0.6) is 0 Å². The molecule has 1 aromatic rings. The lowest BCUT2D eigenvalue weighted by Crippen LogP contribution is -2.39. The number of carbonyl (C=O) groups excluding carboxylic acids is 1. The Morgan fingerprint density at radius 3 is 2.68 bits per heavy atom. The molecule has 1 aliphatic heterocycles. The number of amides is 1. The summed E-state index contributed by atoms with van der Waals surface area (Å²) in [5.74, 6) is 1.71. The van der Waals surface area contributed by atoms with E-state index in [0.717, 1.165) is 37.6 Å². The minimum absolute atomic E-state index is 0.0493. The van der Waals surface area contributed by atoms with Gasteiger partial charge in [0.05, 0.1) is 6.54 Å². The number of hydrogen-bond acceptors (Lipinski definition) is 5. The summed E-state index contributed by atoms with van der Waals surface area (Å²) in [5.41, 5.74) is 0. The Kier molecular flexibility index (Phi) is 5.08. The van der Waals surface area contributed by atoms with Crippen LogP contribution >= 0.6 is 0 Å². The summed E-state index contributed by atoms with van der Waals surface area (Å²) >= 11 is 0. The molecule has 1 aliphatic carbocycles. The summed E-state index contributed by atoms with van der Waals surface area (Å²) in [6.45, 7) is 2.38. The van der Waals surface area contributed by atoms with Crippen molar-refractivity contribution in [1.29, 1.82) is 0 Å². The van der Waals surface area contributed by atoms with E-state index >= 15 is 0 Å². The van der Waals surface area contributed by atoms with Gasteiger partial charge in [-0.15, -0.1) is 0 Å². The zero-order chi connectivity index (χ0) is 15.2. The molecule has 2 fully saturated rings. The standard InChI is InChI=1S/C16H25N5O/c22-16(20-13-6-2-1-3-7-13)11-17-14-10-15(19-12-18-14)21-8-4-5-9-21/h10,12-13H,1-9,11H2,(H,20,22)(H,17,18,19). The molecule has 1 amide bonds. The van der Waals surface area contributed by atoms with E-state index in [0.29, 0.717) is 6.04 Å². The number of carbonyl (C=O) groups is 1. The first-order valence-electron chi connectivity index (χ1n) is 8.41. The lowest BCUT2D eigenvalue weighted by Gasteiger charge is -2.22. The van der Waals surface area contributed by atoms with Gasteiger partial charge in [-0.05, 0) is 25.7 Å². The Morgan fingerprint density at radius 1 is 1.14 bits per heavy atom. The van der Waals surface area contributed by atoms with E-state index in [4.69, 9.17) is 0 Å². The van der Waals surface area contributed by atoms with E-state index in [1.165, 1.54) is 32.1 Å². The first-order chi connectivity index (χ1) is 10.8. The van der Waals surface area contributed by atoms with Crippen LogP contribution in [0.25, 0.3) is 0 Å². The van der Waals surface area contributed by atoms with Gasteiger partial charge >= 0.3 is 0 Å². The summed E-state index contributed by atoms with van der Waals surface area (Å²) in [4.78, 5) is 22.8. The molecule has 2 aliphatic rings. The van der Waals surface area contributed by atoms with Gasteiger partial charge in [0, 0.05) is 25.2 Å². The second kappa shape index (κ2) is 7.42. The van der Waals surface area contributed by atoms with Crippen molar-refractivity contribution in [2.75, 3.05) is 29.9 Å². The molecule has 6 nitrogen and oxygen atoms in total. The summed E-state index contributed by atoms with van der Waals surface area (Å²) in [6.07, 6.45) is 9.97. The van der Waals surface area contributed by atoms with Crippen molar-refractivity contribution in [2.24, 2.45) is 0 Å². The van der Waals surface area contributed by atoms with Crippen molar-refractivity contribution in [3.8, 4) is 0 Å². The molecule has 0 unspecified atom stereocenters. The molecule has 0 atom stereocenters. The van der Waals surface area contributed by atoms with Gasteiger partial charge in [-0.3, -0.25) is 4.79 Å². The fraction of sp³-hybridized carbons (Fsp3) is 0.688. The molecule has 3 rings (SSSR count). The number of nitrogens with zero attached hydrogens (tertiary/aromatic N) is 3. The molecule has 2 heterocycles. The fourth-order valence-electron chi connectivity index (χ4n) is 3.26. The number of anilines is 2. The molecule has 1 saturated heterocycles. The van der Waals surface area contributed by atoms with Gasteiger partial charge in [0.1, 0.15) is 18.0 Å². The second-order valence-electron chi connectivity index (χ2n) is 6.21. The highest BCUT2D eigenvalue weighted by Crippen LogP contribution is 2.19. The van der Waals surface area contributed by atoms with Crippen molar-refractivity contribution in [3.63, 3.8) is 0 Å². The fourth-order valence-corrected chi connectivity index (χ4v) is 3.26. The van der Waals surface area contributed by atoms with Crippen molar-refractivity contribution < 1.29 is 4.79 Å². The Bertz CT molecular complexity index is 495. The molecule has 2 N–H and O–H groups in total. The molecule has 0 bridgehead atoms. The van der Waals surface area contributed by atoms with Crippen LogP contribution in [0.15, 0.2) is 12.4 Å². The highest BCUT2D eigenvalue weighted by Gasteiger charge is 2.16. The highest BCUT2D eigenvalue weighted by molar-refractivity contribution is 5.80.